The molecule has 2 aromatic heterocycles. The molecule has 0 aliphatic heterocycles. The first kappa shape index (κ1) is 21.8. The van der Waals surface area contributed by atoms with Gasteiger partial charge in [-0.15, -0.1) is 20.4 Å². The van der Waals surface area contributed by atoms with Gasteiger partial charge in [0, 0.05) is 22.1 Å². The van der Waals surface area contributed by atoms with E-state index in [2.05, 4.69) is 80.7 Å². The van der Waals surface area contributed by atoms with E-state index in [-0.39, 0.29) is 5.41 Å². The Morgan fingerprint density at radius 2 is 1.58 bits per heavy atom. The van der Waals surface area contributed by atoms with E-state index in [0.717, 1.165) is 33.1 Å². The Bertz CT molecular complexity index is 1160. The molecule has 0 atom stereocenters. The van der Waals surface area contributed by atoms with Gasteiger partial charge in [0.05, 0.1) is 5.75 Å². The van der Waals surface area contributed by atoms with Crippen molar-refractivity contribution in [1.29, 1.82) is 0 Å². The van der Waals surface area contributed by atoms with Gasteiger partial charge >= 0.3 is 0 Å². The molecule has 160 valence electrons. The Hall–Kier alpha value is -2.45. The summed E-state index contributed by atoms with van der Waals surface area (Å²) in [5, 5.41) is 18.0. The number of benzene rings is 2. The van der Waals surface area contributed by atoms with Gasteiger partial charge in [-0.2, -0.15) is 0 Å². The summed E-state index contributed by atoms with van der Waals surface area (Å²) in [6.45, 7) is 9.45. The molecular weight excluding hydrogens is 474 g/mol. The second-order valence-corrected chi connectivity index (χ2v) is 10.0. The standard InChI is InChI=1S/C23H24BrN5OS/c1-5-29-20(15-8-12-18(24)13-9-15)26-28-22(29)31-14-19-25-27-21(30-19)16-6-10-17(11-7-16)23(2,3)4/h6-13H,5,14H2,1-4H3. The molecule has 0 fully saturated rings. The summed E-state index contributed by atoms with van der Waals surface area (Å²) in [6.07, 6.45) is 0. The molecule has 0 spiro atoms. The zero-order chi connectivity index (χ0) is 22.0. The molecular formula is C23H24BrN5OS. The minimum atomic E-state index is 0.111. The van der Waals surface area contributed by atoms with Crippen molar-refractivity contribution in [2.75, 3.05) is 0 Å². The summed E-state index contributed by atoms with van der Waals surface area (Å²) in [7, 11) is 0. The van der Waals surface area contributed by atoms with Gasteiger partial charge in [-0.05, 0) is 42.2 Å². The Morgan fingerprint density at radius 3 is 2.23 bits per heavy atom. The molecule has 0 bridgehead atoms. The van der Waals surface area contributed by atoms with Crippen molar-refractivity contribution in [1.82, 2.24) is 25.0 Å². The lowest BCUT2D eigenvalue weighted by molar-refractivity contribution is 0.527. The van der Waals surface area contributed by atoms with E-state index in [4.69, 9.17) is 4.42 Å². The van der Waals surface area contributed by atoms with Gasteiger partial charge in [0.25, 0.3) is 0 Å². The fourth-order valence-corrected chi connectivity index (χ4v) is 4.26. The quantitative estimate of drug-likeness (QED) is 0.288. The Morgan fingerprint density at radius 1 is 0.903 bits per heavy atom. The highest BCUT2D eigenvalue weighted by Crippen LogP contribution is 2.29. The van der Waals surface area contributed by atoms with Crippen LogP contribution < -0.4 is 0 Å². The van der Waals surface area contributed by atoms with Crippen molar-refractivity contribution in [3.8, 4) is 22.8 Å². The molecule has 0 aliphatic rings. The molecule has 4 rings (SSSR count). The van der Waals surface area contributed by atoms with Crippen LogP contribution in [0.15, 0.2) is 62.6 Å². The topological polar surface area (TPSA) is 69.6 Å². The molecule has 0 unspecified atom stereocenters. The predicted octanol–water partition coefficient (Wildman–Crippen LogP) is 6.37. The van der Waals surface area contributed by atoms with Crippen LogP contribution in [0.1, 0.15) is 39.1 Å². The minimum absolute atomic E-state index is 0.111. The molecule has 0 radical (unpaired) electrons. The van der Waals surface area contributed by atoms with E-state index >= 15 is 0 Å². The van der Waals surface area contributed by atoms with Crippen LogP contribution in [-0.4, -0.2) is 25.0 Å². The molecule has 0 saturated heterocycles. The second-order valence-electron chi connectivity index (χ2n) is 8.17. The van der Waals surface area contributed by atoms with Crippen LogP contribution in [0, 0.1) is 0 Å². The molecule has 31 heavy (non-hydrogen) atoms. The van der Waals surface area contributed by atoms with Crippen LogP contribution in [0.2, 0.25) is 0 Å². The first-order valence-corrected chi connectivity index (χ1v) is 11.9. The molecule has 0 N–H and O–H groups in total. The highest BCUT2D eigenvalue weighted by atomic mass is 79.9. The minimum Gasteiger partial charge on any atom is -0.420 e. The van der Waals surface area contributed by atoms with Crippen LogP contribution in [0.5, 0.6) is 0 Å². The number of hydrogen-bond acceptors (Lipinski definition) is 6. The SMILES string of the molecule is CCn1c(SCc2nnc(-c3ccc(C(C)(C)C)cc3)o2)nnc1-c1ccc(Br)cc1. The summed E-state index contributed by atoms with van der Waals surface area (Å²) in [5.41, 5.74) is 3.33. The summed E-state index contributed by atoms with van der Waals surface area (Å²) >= 11 is 5.01. The fourth-order valence-electron chi connectivity index (χ4n) is 3.16. The zero-order valence-corrected chi connectivity index (χ0v) is 20.4. The maximum atomic E-state index is 5.89. The van der Waals surface area contributed by atoms with E-state index in [0.29, 0.717) is 17.5 Å². The van der Waals surface area contributed by atoms with Crippen molar-refractivity contribution in [2.24, 2.45) is 0 Å². The summed E-state index contributed by atoms with van der Waals surface area (Å²) in [6, 6.07) is 16.4. The van der Waals surface area contributed by atoms with Crippen molar-refractivity contribution in [3.63, 3.8) is 0 Å². The van der Waals surface area contributed by atoms with Crippen molar-refractivity contribution >= 4 is 27.7 Å². The van der Waals surface area contributed by atoms with Gasteiger partial charge in [-0.1, -0.05) is 72.7 Å². The normalized spacial score (nSPS) is 11.8. The zero-order valence-electron chi connectivity index (χ0n) is 18.0. The highest BCUT2D eigenvalue weighted by Gasteiger charge is 2.17. The second kappa shape index (κ2) is 8.96. The average molecular weight is 498 g/mol. The van der Waals surface area contributed by atoms with E-state index in [1.165, 1.54) is 5.56 Å². The third kappa shape index (κ3) is 4.91. The predicted molar refractivity (Wildman–Crippen MR) is 127 cm³/mol. The Balaban J connectivity index is 1.47. The van der Waals surface area contributed by atoms with Crippen molar-refractivity contribution in [3.05, 3.63) is 64.5 Å². The molecule has 2 heterocycles. The number of nitrogens with zero attached hydrogens (tertiary/aromatic N) is 5. The maximum absolute atomic E-state index is 5.89. The Kier molecular flexibility index (Phi) is 6.29. The van der Waals surface area contributed by atoms with Gasteiger partial charge in [0.1, 0.15) is 0 Å². The lowest BCUT2D eigenvalue weighted by Gasteiger charge is -2.18. The monoisotopic (exact) mass is 497 g/mol. The first-order chi connectivity index (χ1) is 14.8. The molecule has 4 aromatic rings. The van der Waals surface area contributed by atoms with E-state index in [1.54, 1.807) is 11.8 Å². The molecule has 2 aromatic carbocycles. The molecule has 6 nitrogen and oxygen atoms in total. The highest BCUT2D eigenvalue weighted by molar-refractivity contribution is 9.10. The number of thioether (sulfide) groups is 1. The van der Waals surface area contributed by atoms with Crippen LogP contribution >= 0.6 is 27.7 Å². The maximum Gasteiger partial charge on any atom is 0.247 e. The van der Waals surface area contributed by atoms with Crippen LogP contribution in [-0.2, 0) is 17.7 Å². The van der Waals surface area contributed by atoms with Crippen LogP contribution in [0.4, 0.5) is 0 Å². The van der Waals surface area contributed by atoms with Gasteiger partial charge in [-0.25, -0.2) is 0 Å². The van der Waals surface area contributed by atoms with Crippen LogP contribution in [0.25, 0.3) is 22.8 Å². The van der Waals surface area contributed by atoms with E-state index in [9.17, 15) is 0 Å². The molecule has 0 saturated carbocycles. The summed E-state index contributed by atoms with van der Waals surface area (Å²) in [5.74, 6) is 2.48. The van der Waals surface area contributed by atoms with Crippen molar-refractivity contribution in [2.45, 2.75) is 50.6 Å². The molecule has 8 heteroatoms. The van der Waals surface area contributed by atoms with E-state index < -0.39 is 0 Å². The summed E-state index contributed by atoms with van der Waals surface area (Å²) < 4.78 is 9.02. The Labute approximate surface area is 194 Å². The van der Waals surface area contributed by atoms with Gasteiger partial charge in [0.15, 0.2) is 11.0 Å². The lowest BCUT2D eigenvalue weighted by Crippen LogP contribution is -2.10. The van der Waals surface area contributed by atoms with Crippen LogP contribution in [0.3, 0.4) is 0 Å². The van der Waals surface area contributed by atoms with Gasteiger partial charge in [-0.3, -0.25) is 0 Å². The number of hydrogen-bond donors (Lipinski definition) is 0. The average Bonchev–Trinajstić information content (AvgIpc) is 3.39. The molecule has 0 aliphatic carbocycles. The fraction of sp³-hybridized carbons (Fsp3) is 0.304. The number of halogens is 1. The number of aromatic nitrogens is 5. The van der Waals surface area contributed by atoms with Crippen molar-refractivity contribution < 1.29 is 4.42 Å². The van der Waals surface area contributed by atoms with E-state index in [1.807, 2.05) is 36.4 Å². The van der Waals surface area contributed by atoms with Gasteiger partial charge in [0.2, 0.25) is 11.8 Å². The lowest BCUT2D eigenvalue weighted by atomic mass is 9.87. The third-order valence-electron chi connectivity index (χ3n) is 4.92. The van der Waals surface area contributed by atoms with Gasteiger partial charge < -0.3 is 8.98 Å². The molecule has 0 amide bonds. The first-order valence-electron chi connectivity index (χ1n) is 10.1. The largest absolute Gasteiger partial charge is 0.420 e. The smallest absolute Gasteiger partial charge is 0.247 e. The number of rotatable bonds is 6. The third-order valence-corrected chi connectivity index (χ3v) is 6.41. The summed E-state index contributed by atoms with van der Waals surface area (Å²) in [4.78, 5) is 0.